The molecule has 0 saturated heterocycles. The number of nitrogen functional groups attached to an aromatic ring is 1. The van der Waals surface area contributed by atoms with Crippen molar-refractivity contribution in [1.29, 1.82) is 0 Å². The lowest BCUT2D eigenvalue weighted by Crippen LogP contribution is -2.18. The maximum absolute atomic E-state index is 13.2. The number of rotatable bonds is 3. The van der Waals surface area contributed by atoms with Gasteiger partial charge in [0.1, 0.15) is 11.6 Å². The monoisotopic (exact) mass is 387 g/mol. The molecule has 0 saturated carbocycles. The van der Waals surface area contributed by atoms with Gasteiger partial charge in [0.25, 0.3) is 11.8 Å². The van der Waals surface area contributed by atoms with Gasteiger partial charge in [0.15, 0.2) is 0 Å². The van der Waals surface area contributed by atoms with Gasteiger partial charge in [0, 0.05) is 16.6 Å². The fourth-order valence-corrected chi connectivity index (χ4v) is 3.35. The number of hydrogen-bond donors (Lipinski definition) is 2. The lowest BCUT2D eigenvalue weighted by atomic mass is 10.1. The molecule has 0 aliphatic carbocycles. The molecule has 0 atom stereocenters. The number of aromatic nitrogens is 1. The smallest absolute Gasteiger partial charge is 0.263 e. The summed E-state index contributed by atoms with van der Waals surface area (Å²) >= 11 is 0. The largest absolute Gasteiger partial charge is 0.384 e. The molecule has 4 aromatic rings. The molecule has 5 nitrogen and oxygen atoms in total. The maximum Gasteiger partial charge on any atom is 0.263 e. The molecule has 0 aliphatic rings. The minimum atomic E-state index is -0.440. The Balaban J connectivity index is 1.81. The zero-order valence-electron chi connectivity index (χ0n) is 15.6. The Morgan fingerprint density at radius 3 is 2.41 bits per heavy atom. The van der Waals surface area contributed by atoms with E-state index in [9.17, 15) is 14.0 Å². The summed E-state index contributed by atoms with van der Waals surface area (Å²) in [6.07, 6.45) is 0. The number of carbonyl (C=O) groups excluding carboxylic acids is 2. The van der Waals surface area contributed by atoms with Gasteiger partial charge in [-0.1, -0.05) is 30.3 Å². The van der Waals surface area contributed by atoms with Crippen LogP contribution in [-0.2, 0) is 0 Å². The predicted octanol–water partition coefficient (Wildman–Crippen LogP) is 4.61. The number of nitrogens with one attached hydrogen (secondary N) is 1. The molecule has 1 amide bonds. The highest BCUT2D eigenvalue weighted by Crippen LogP contribution is 2.30. The highest BCUT2D eigenvalue weighted by molar-refractivity contribution is 6.19. The number of halogens is 1. The zero-order chi connectivity index (χ0) is 20.5. The molecular formula is C23H18FN3O2. The van der Waals surface area contributed by atoms with Crippen molar-refractivity contribution in [3.63, 3.8) is 0 Å². The van der Waals surface area contributed by atoms with Gasteiger partial charge in [-0.05, 0) is 55.0 Å². The number of nitrogens with two attached hydrogens (primary N) is 1. The van der Waals surface area contributed by atoms with Gasteiger partial charge in [-0.15, -0.1) is 0 Å². The van der Waals surface area contributed by atoms with E-state index in [1.54, 1.807) is 30.3 Å². The first-order valence-electron chi connectivity index (χ1n) is 9.03. The summed E-state index contributed by atoms with van der Waals surface area (Å²) in [4.78, 5) is 26.1. The van der Waals surface area contributed by atoms with Crippen molar-refractivity contribution in [3.8, 4) is 0 Å². The number of hydrogen-bond acceptors (Lipinski definition) is 3. The van der Waals surface area contributed by atoms with Crippen LogP contribution in [0.15, 0.2) is 72.8 Å². The number of aryl methyl sites for hydroxylation is 1. The van der Waals surface area contributed by atoms with Crippen LogP contribution < -0.4 is 11.1 Å². The van der Waals surface area contributed by atoms with Gasteiger partial charge in [-0.25, -0.2) is 4.39 Å². The van der Waals surface area contributed by atoms with Gasteiger partial charge >= 0.3 is 0 Å². The zero-order valence-corrected chi connectivity index (χ0v) is 15.6. The quantitative estimate of drug-likeness (QED) is 0.539. The van der Waals surface area contributed by atoms with Crippen LogP contribution in [0, 0.1) is 12.7 Å². The van der Waals surface area contributed by atoms with E-state index in [0.29, 0.717) is 16.6 Å². The molecule has 29 heavy (non-hydrogen) atoms. The second-order valence-corrected chi connectivity index (χ2v) is 6.75. The van der Waals surface area contributed by atoms with Crippen LogP contribution in [0.3, 0.4) is 0 Å². The Bertz CT molecular complexity index is 1240. The number of amides is 1. The molecule has 0 fully saturated rings. The number of para-hydroxylation sites is 1. The summed E-state index contributed by atoms with van der Waals surface area (Å²) in [6, 6.07) is 19.6. The summed E-state index contributed by atoms with van der Waals surface area (Å²) in [6.45, 7) is 1.93. The Morgan fingerprint density at radius 2 is 1.69 bits per heavy atom. The van der Waals surface area contributed by atoms with Crippen LogP contribution in [0.4, 0.5) is 15.9 Å². The minimum absolute atomic E-state index is 0.0330. The lowest BCUT2D eigenvalue weighted by Gasteiger charge is -2.08. The fraction of sp³-hybridized carbons (Fsp3) is 0.0435. The van der Waals surface area contributed by atoms with E-state index in [-0.39, 0.29) is 16.9 Å². The van der Waals surface area contributed by atoms with E-state index < -0.39 is 17.6 Å². The van der Waals surface area contributed by atoms with E-state index in [1.807, 2.05) is 25.1 Å². The molecule has 1 aromatic heterocycles. The van der Waals surface area contributed by atoms with E-state index >= 15 is 0 Å². The first kappa shape index (κ1) is 18.4. The maximum atomic E-state index is 13.2. The Hall–Kier alpha value is -3.93. The Morgan fingerprint density at radius 1 is 0.966 bits per heavy atom. The van der Waals surface area contributed by atoms with E-state index in [4.69, 9.17) is 5.73 Å². The van der Waals surface area contributed by atoms with Gasteiger partial charge in [-0.2, -0.15) is 0 Å². The molecule has 0 unspecified atom stereocenters. The number of fused-ring (bicyclic) bond motifs is 1. The second-order valence-electron chi connectivity index (χ2n) is 6.75. The van der Waals surface area contributed by atoms with Gasteiger partial charge in [0.2, 0.25) is 0 Å². The summed E-state index contributed by atoms with van der Waals surface area (Å²) in [5.41, 5.74) is 8.91. The van der Waals surface area contributed by atoms with E-state index in [0.717, 1.165) is 5.56 Å². The normalized spacial score (nSPS) is 10.8. The van der Waals surface area contributed by atoms with Crippen LogP contribution in [0.1, 0.15) is 26.3 Å². The number of anilines is 2. The lowest BCUT2D eigenvalue weighted by molar-refractivity contribution is 0.0967. The van der Waals surface area contributed by atoms with Crippen molar-refractivity contribution >= 4 is 34.2 Å². The third-order valence-corrected chi connectivity index (χ3v) is 4.71. The average molecular weight is 387 g/mol. The second kappa shape index (κ2) is 7.24. The summed E-state index contributed by atoms with van der Waals surface area (Å²) in [5.74, 6) is -1.25. The molecule has 0 radical (unpaired) electrons. The van der Waals surface area contributed by atoms with Crippen LogP contribution in [0.5, 0.6) is 0 Å². The van der Waals surface area contributed by atoms with Crippen molar-refractivity contribution in [1.82, 2.24) is 4.57 Å². The number of nitrogens with zero attached hydrogens (tertiary/aromatic N) is 1. The van der Waals surface area contributed by atoms with Crippen molar-refractivity contribution in [2.24, 2.45) is 0 Å². The van der Waals surface area contributed by atoms with Crippen molar-refractivity contribution in [2.45, 2.75) is 6.92 Å². The molecular weight excluding hydrogens is 369 g/mol. The molecule has 3 aromatic carbocycles. The average Bonchev–Trinajstić information content (AvgIpc) is 3.00. The third kappa shape index (κ3) is 3.36. The fourth-order valence-electron chi connectivity index (χ4n) is 3.35. The Labute approximate surface area is 166 Å². The topological polar surface area (TPSA) is 77.1 Å². The summed E-state index contributed by atoms with van der Waals surface area (Å²) < 4.78 is 14.5. The van der Waals surface area contributed by atoms with E-state index in [1.165, 1.54) is 28.8 Å². The van der Waals surface area contributed by atoms with Crippen LogP contribution >= 0.6 is 0 Å². The standard InChI is InChI=1S/C23H18FN3O2/c1-14-5-4-6-17(13-14)26-22(28)20-18-7-2-3-8-19(18)27(21(20)25)23(29)15-9-11-16(24)12-10-15/h2-13H,25H2,1H3,(H,26,28). The molecule has 6 heteroatoms. The van der Waals surface area contributed by atoms with Crippen LogP contribution in [0.2, 0.25) is 0 Å². The first-order valence-corrected chi connectivity index (χ1v) is 9.03. The highest BCUT2D eigenvalue weighted by Gasteiger charge is 2.24. The molecule has 0 aliphatic heterocycles. The summed E-state index contributed by atoms with van der Waals surface area (Å²) in [5, 5.41) is 3.40. The van der Waals surface area contributed by atoms with Crippen LogP contribution in [-0.4, -0.2) is 16.4 Å². The van der Waals surface area contributed by atoms with Crippen molar-refractivity contribution < 1.29 is 14.0 Å². The van der Waals surface area contributed by atoms with Crippen LogP contribution in [0.25, 0.3) is 10.9 Å². The van der Waals surface area contributed by atoms with Gasteiger partial charge < -0.3 is 11.1 Å². The molecule has 144 valence electrons. The van der Waals surface area contributed by atoms with Crippen molar-refractivity contribution in [2.75, 3.05) is 11.1 Å². The predicted molar refractivity (Wildman–Crippen MR) is 112 cm³/mol. The Kier molecular flexibility index (Phi) is 4.60. The van der Waals surface area contributed by atoms with Gasteiger partial charge in [0.05, 0.1) is 11.1 Å². The highest BCUT2D eigenvalue weighted by atomic mass is 19.1. The molecule has 3 N–H and O–H groups in total. The third-order valence-electron chi connectivity index (χ3n) is 4.71. The first-order chi connectivity index (χ1) is 14.0. The number of carbonyl (C=O) groups is 2. The molecule has 0 spiro atoms. The molecule has 1 heterocycles. The summed E-state index contributed by atoms with van der Waals surface area (Å²) in [7, 11) is 0. The molecule has 0 bridgehead atoms. The number of benzene rings is 3. The van der Waals surface area contributed by atoms with E-state index in [2.05, 4.69) is 5.32 Å². The van der Waals surface area contributed by atoms with Gasteiger partial charge in [-0.3, -0.25) is 14.2 Å². The van der Waals surface area contributed by atoms with Crippen molar-refractivity contribution in [3.05, 3.63) is 95.3 Å². The SMILES string of the molecule is Cc1cccc(NC(=O)c2c(N)n(C(=O)c3ccc(F)cc3)c3ccccc23)c1. The molecule has 4 rings (SSSR count). The minimum Gasteiger partial charge on any atom is -0.384 e.